The molecule has 4 rings (SSSR count). The predicted molar refractivity (Wildman–Crippen MR) is 102 cm³/mol. The predicted octanol–water partition coefficient (Wildman–Crippen LogP) is 6.21. The van der Waals surface area contributed by atoms with Crippen molar-refractivity contribution in [2.75, 3.05) is 0 Å². The Bertz CT molecular complexity index is 924. The zero-order valence-electron chi connectivity index (χ0n) is 15.1. The van der Waals surface area contributed by atoms with Crippen LogP contribution >= 0.6 is 0 Å². The molecule has 0 aliphatic heterocycles. The van der Waals surface area contributed by atoms with Gasteiger partial charge in [-0.1, -0.05) is 56.7 Å². The van der Waals surface area contributed by atoms with Crippen molar-refractivity contribution >= 4 is 10.8 Å². The van der Waals surface area contributed by atoms with Gasteiger partial charge in [0.2, 0.25) is 0 Å². The van der Waals surface area contributed by atoms with Crippen molar-refractivity contribution in [1.29, 1.82) is 0 Å². The van der Waals surface area contributed by atoms with Crippen molar-refractivity contribution < 1.29 is 0 Å². The van der Waals surface area contributed by atoms with Gasteiger partial charge >= 0.3 is 0 Å². The summed E-state index contributed by atoms with van der Waals surface area (Å²) in [6, 6.07) is 15.6. The van der Waals surface area contributed by atoms with E-state index < -0.39 is 0 Å². The van der Waals surface area contributed by atoms with Crippen LogP contribution in [0.3, 0.4) is 0 Å². The summed E-state index contributed by atoms with van der Waals surface area (Å²) in [6.45, 7) is 9.05. The number of nitrogens with zero attached hydrogens (tertiary/aromatic N) is 1. The van der Waals surface area contributed by atoms with Crippen LogP contribution < -0.4 is 0 Å². The quantitative estimate of drug-likeness (QED) is 0.560. The zero-order valence-corrected chi connectivity index (χ0v) is 15.1. The summed E-state index contributed by atoms with van der Waals surface area (Å²) < 4.78 is 0. The van der Waals surface area contributed by atoms with E-state index in [0.29, 0.717) is 5.41 Å². The van der Waals surface area contributed by atoms with E-state index in [1.165, 1.54) is 45.9 Å². The lowest BCUT2D eigenvalue weighted by atomic mass is 9.85. The van der Waals surface area contributed by atoms with E-state index >= 15 is 0 Å². The monoisotopic (exact) mass is 315 g/mol. The van der Waals surface area contributed by atoms with Crippen LogP contribution in [0.25, 0.3) is 22.0 Å². The molecule has 1 aliphatic rings. The van der Waals surface area contributed by atoms with Crippen molar-refractivity contribution in [3.05, 3.63) is 65.4 Å². The molecule has 1 saturated carbocycles. The first-order chi connectivity index (χ1) is 11.5. The fourth-order valence-electron chi connectivity index (χ4n) is 4.16. The number of hydrogen-bond acceptors (Lipinski definition) is 1. The molecule has 2 atom stereocenters. The number of benzene rings is 2. The number of aromatic nitrogens is 1. The van der Waals surface area contributed by atoms with E-state index in [-0.39, 0.29) is 0 Å². The van der Waals surface area contributed by atoms with Crippen LogP contribution in [0, 0.1) is 19.8 Å². The minimum atomic E-state index is 0.300. The summed E-state index contributed by atoms with van der Waals surface area (Å²) in [6.07, 6.45) is 4.56. The first kappa shape index (κ1) is 15.4. The zero-order chi connectivity index (χ0) is 16.9. The van der Waals surface area contributed by atoms with Gasteiger partial charge in [0.05, 0.1) is 5.69 Å². The highest BCUT2D eigenvalue weighted by atomic mass is 14.7. The Kier molecular flexibility index (Phi) is 3.49. The normalized spacial score (nSPS) is 22.8. The van der Waals surface area contributed by atoms with Gasteiger partial charge in [-0.05, 0) is 65.1 Å². The van der Waals surface area contributed by atoms with Gasteiger partial charge in [0, 0.05) is 11.8 Å². The third kappa shape index (κ3) is 2.26. The number of rotatable bonds is 3. The summed E-state index contributed by atoms with van der Waals surface area (Å²) in [7, 11) is 0. The largest absolute Gasteiger partial charge is 0.256 e. The molecule has 0 spiro atoms. The van der Waals surface area contributed by atoms with Crippen LogP contribution in [-0.4, -0.2) is 4.98 Å². The molecular formula is C23H25N. The van der Waals surface area contributed by atoms with E-state index in [9.17, 15) is 0 Å². The summed E-state index contributed by atoms with van der Waals surface area (Å²) in [5.41, 5.74) is 6.80. The Morgan fingerprint density at radius 3 is 2.58 bits per heavy atom. The second kappa shape index (κ2) is 5.44. The standard InChI is InChI=1S/C23H25N/c1-5-18-13-23(18,4)20-11-10-17-8-6-7-9-19(17)22(20)21-12-15(2)16(3)14-24-21/h6-12,14,18H,5,13H2,1-4H3. The second-order valence-corrected chi connectivity index (χ2v) is 7.59. The molecule has 1 aliphatic carbocycles. The van der Waals surface area contributed by atoms with E-state index in [0.717, 1.165) is 11.6 Å². The molecule has 1 aromatic heterocycles. The summed E-state index contributed by atoms with van der Waals surface area (Å²) in [5, 5.41) is 2.63. The molecule has 1 heteroatoms. The smallest absolute Gasteiger partial charge is 0.0714 e. The molecular weight excluding hydrogens is 290 g/mol. The Hall–Kier alpha value is -2.15. The molecule has 0 bridgehead atoms. The highest BCUT2D eigenvalue weighted by molar-refractivity contribution is 5.98. The highest BCUT2D eigenvalue weighted by Crippen LogP contribution is 2.58. The van der Waals surface area contributed by atoms with Crippen molar-refractivity contribution in [2.24, 2.45) is 5.92 Å². The van der Waals surface area contributed by atoms with Crippen molar-refractivity contribution in [3.63, 3.8) is 0 Å². The Labute approximate surface area is 144 Å². The molecule has 0 radical (unpaired) electrons. The van der Waals surface area contributed by atoms with Gasteiger partial charge in [-0.3, -0.25) is 4.98 Å². The minimum Gasteiger partial charge on any atom is -0.256 e. The maximum absolute atomic E-state index is 4.81. The lowest BCUT2D eigenvalue weighted by Gasteiger charge is -2.19. The molecule has 1 heterocycles. The summed E-state index contributed by atoms with van der Waals surface area (Å²) in [5.74, 6) is 0.795. The maximum Gasteiger partial charge on any atom is 0.0714 e. The fourth-order valence-corrected chi connectivity index (χ4v) is 4.16. The van der Waals surface area contributed by atoms with Crippen LogP contribution in [0.15, 0.2) is 48.7 Å². The number of hydrogen-bond donors (Lipinski definition) is 0. The van der Waals surface area contributed by atoms with Crippen LogP contribution in [0.2, 0.25) is 0 Å². The Balaban J connectivity index is 2.02. The van der Waals surface area contributed by atoms with E-state index in [1.54, 1.807) is 0 Å². The average Bonchev–Trinajstić information content (AvgIpc) is 3.28. The third-order valence-electron chi connectivity index (χ3n) is 6.08. The van der Waals surface area contributed by atoms with Crippen LogP contribution in [0.5, 0.6) is 0 Å². The molecule has 0 amide bonds. The highest BCUT2D eigenvalue weighted by Gasteiger charge is 2.51. The van der Waals surface area contributed by atoms with Crippen molar-refractivity contribution in [2.45, 2.75) is 46.0 Å². The number of pyridine rings is 1. The van der Waals surface area contributed by atoms with Gasteiger partial charge in [0.25, 0.3) is 0 Å². The van der Waals surface area contributed by atoms with E-state index in [1.807, 2.05) is 6.20 Å². The number of aryl methyl sites for hydroxylation is 2. The van der Waals surface area contributed by atoms with Crippen molar-refractivity contribution in [1.82, 2.24) is 4.98 Å². The number of fused-ring (bicyclic) bond motifs is 1. The summed E-state index contributed by atoms with van der Waals surface area (Å²) >= 11 is 0. The van der Waals surface area contributed by atoms with Gasteiger partial charge in [-0.25, -0.2) is 0 Å². The van der Waals surface area contributed by atoms with E-state index in [4.69, 9.17) is 4.98 Å². The van der Waals surface area contributed by atoms with Gasteiger partial charge in [-0.2, -0.15) is 0 Å². The lowest BCUT2D eigenvalue weighted by molar-refractivity contribution is 0.644. The molecule has 2 unspecified atom stereocenters. The first-order valence-corrected chi connectivity index (χ1v) is 9.00. The van der Waals surface area contributed by atoms with Gasteiger partial charge < -0.3 is 0 Å². The second-order valence-electron chi connectivity index (χ2n) is 7.59. The van der Waals surface area contributed by atoms with Gasteiger partial charge in [0.15, 0.2) is 0 Å². The molecule has 122 valence electrons. The first-order valence-electron chi connectivity index (χ1n) is 9.00. The molecule has 1 fully saturated rings. The van der Waals surface area contributed by atoms with Crippen LogP contribution in [-0.2, 0) is 5.41 Å². The maximum atomic E-state index is 4.81. The van der Waals surface area contributed by atoms with Crippen LogP contribution in [0.4, 0.5) is 0 Å². The third-order valence-corrected chi connectivity index (χ3v) is 6.08. The molecule has 0 N–H and O–H groups in total. The topological polar surface area (TPSA) is 12.9 Å². The molecule has 0 saturated heterocycles. The van der Waals surface area contributed by atoms with Crippen molar-refractivity contribution in [3.8, 4) is 11.3 Å². The summed E-state index contributed by atoms with van der Waals surface area (Å²) in [4.78, 5) is 4.81. The van der Waals surface area contributed by atoms with Crippen LogP contribution in [0.1, 0.15) is 43.4 Å². The van der Waals surface area contributed by atoms with E-state index in [2.05, 4.69) is 70.2 Å². The molecule has 1 nitrogen and oxygen atoms in total. The molecule has 24 heavy (non-hydrogen) atoms. The fraction of sp³-hybridized carbons (Fsp3) is 0.348. The average molecular weight is 315 g/mol. The molecule has 3 aromatic rings. The van der Waals surface area contributed by atoms with Gasteiger partial charge in [-0.15, -0.1) is 0 Å². The minimum absolute atomic E-state index is 0.300. The Morgan fingerprint density at radius 2 is 1.88 bits per heavy atom. The molecule has 2 aromatic carbocycles. The Morgan fingerprint density at radius 1 is 1.08 bits per heavy atom. The van der Waals surface area contributed by atoms with Gasteiger partial charge in [0.1, 0.15) is 0 Å². The lowest BCUT2D eigenvalue weighted by Crippen LogP contribution is -2.07. The SMILES string of the molecule is CCC1CC1(C)c1ccc2ccccc2c1-c1cc(C)c(C)cn1.